The van der Waals surface area contributed by atoms with Crippen molar-refractivity contribution in [2.75, 3.05) is 0 Å². The zero-order valence-corrected chi connectivity index (χ0v) is 14.5. The maximum absolute atomic E-state index is 6.30. The largest absolute Gasteiger partial charge is 0.543 e. The molecule has 0 N–H and O–H groups in total. The number of rotatable bonds is 4. The summed E-state index contributed by atoms with van der Waals surface area (Å²) >= 11 is 0. The predicted octanol–water partition coefficient (Wildman–Crippen LogP) is 5.86. The van der Waals surface area contributed by atoms with E-state index in [1.807, 2.05) is 54.6 Å². The average molecular weight is 300 g/mol. The molecule has 0 saturated carbocycles. The summed E-state index contributed by atoms with van der Waals surface area (Å²) in [6.45, 7) is 11.2. The van der Waals surface area contributed by atoms with Crippen LogP contribution in [0.15, 0.2) is 54.6 Å². The zero-order valence-electron chi connectivity index (χ0n) is 13.5. The van der Waals surface area contributed by atoms with Gasteiger partial charge in [0.1, 0.15) is 17.2 Å². The van der Waals surface area contributed by atoms with Gasteiger partial charge in [-0.05, 0) is 42.4 Å². The summed E-state index contributed by atoms with van der Waals surface area (Å²) in [5.74, 6) is 2.52. The van der Waals surface area contributed by atoms with Gasteiger partial charge in [0, 0.05) is 6.07 Å². The molecule has 0 heterocycles. The first-order valence-corrected chi connectivity index (χ1v) is 10.2. The van der Waals surface area contributed by atoms with E-state index >= 15 is 0 Å². The molecule has 0 spiro atoms. The van der Waals surface area contributed by atoms with Gasteiger partial charge >= 0.3 is 0 Å². The smallest absolute Gasteiger partial charge is 0.250 e. The topological polar surface area (TPSA) is 18.5 Å². The highest BCUT2D eigenvalue weighted by atomic mass is 28.4. The Morgan fingerprint density at radius 3 is 1.95 bits per heavy atom. The van der Waals surface area contributed by atoms with Crippen molar-refractivity contribution in [2.45, 2.75) is 38.9 Å². The minimum Gasteiger partial charge on any atom is -0.543 e. The first-order chi connectivity index (χ1) is 9.78. The lowest BCUT2D eigenvalue weighted by molar-refractivity contribution is 0.467. The maximum atomic E-state index is 6.30. The van der Waals surface area contributed by atoms with Gasteiger partial charge in [-0.1, -0.05) is 45.0 Å². The number of benzene rings is 2. The van der Waals surface area contributed by atoms with Crippen LogP contribution in [0.2, 0.25) is 18.1 Å². The molecule has 2 nitrogen and oxygen atoms in total. The van der Waals surface area contributed by atoms with Crippen molar-refractivity contribution in [3.63, 3.8) is 0 Å². The molecule has 0 bridgehead atoms. The molecule has 0 fully saturated rings. The molecule has 0 aliphatic heterocycles. The lowest BCUT2D eigenvalue weighted by Crippen LogP contribution is -2.43. The summed E-state index contributed by atoms with van der Waals surface area (Å²) in [6.07, 6.45) is 0. The molecular weight excluding hydrogens is 276 g/mol. The van der Waals surface area contributed by atoms with E-state index in [9.17, 15) is 0 Å². The Kier molecular flexibility index (Phi) is 4.42. The van der Waals surface area contributed by atoms with E-state index in [-0.39, 0.29) is 5.04 Å². The second-order valence-electron chi connectivity index (χ2n) is 6.75. The number of para-hydroxylation sites is 1. The molecule has 2 aromatic carbocycles. The van der Waals surface area contributed by atoms with Crippen molar-refractivity contribution in [3.8, 4) is 17.2 Å². The van der Waals surface area contributed by atoms with Crippen molar-refractivity contribution in [2.24, 2.45) is 0 Å². The van der Waals surface area contributed by atoms with Gasteiger partial charge in [0.2, 0.25) is 8.32 Å². The highest BCUT2D eigenvalue weighted by Crippen LogP contribution is 2.38. The Hall–Kier alpha value is -1.74. The second-order valence-corrected chi connectivity index (χ2v) is 11.5. The molecule has 0 radical (unpaired) electrons. The standard InChI is InChI=1S/C18H24O2Si/c1-18(2,3)21(4,5)20-17-13-9-12-16(14-17)19-15-10-7-6-8-11-15/h6-14H,1-5H3. The first kappa shape index (κ1) is 15.6. The molecular formula is C18H24O2Si. The zero-order chi connectivity index (χ0) is 15.5. The lowest BCUT2D eigenvalue weighted by Gasteiger charge is -2.36. The Morgan fingerprint density at radius 1 is 0.762 bits per heavy atom. The third-order valence-electron chi connectivity index (χ3n) is 3.96. The Bertz CT molecular complexity index is 586. The van der Waals surface area contributed by atoms with Crippen LogP contribution >= 0.6 is 0 Å². The van der Waals surface area contributed by atoms with E-state index in [2.05, 4.69) is 33.9 Å². The van der Waals surface area contributed by atoms with Gasteiger partial charge < -0.3 is 9.16 Å². The quantitative estimate of drug-likeness (QED) is 0.658. The lowest BCUT2D eigenvalue weighted by atomic mass is 10.2. The molecule has 0 aliphatic carbocycles. The molecule has 0 aromatic heterocycles. The second kappa shape index (κ2) is 5.94. The molecule has 2 aromatic rings. The van der Waals surface area contributed by atoms with E-state index in [0.29, 0.717) is 0 Å². The van der Waals surface area contributed by atoms with Crippen LogP contribution in [-0.2, 0) is 0 Å². The monoisotopic (exact) mass is 300 g/mol. The van der Waals surface area contributed by atoms with Crippen molar-refractivity contribution in [3.05, 3.63) is 54.6 Å². The van der Waals surface area contributed by atoms with Gasteiger partial charge in [0.25, 0.3) is 0 Å². The van der Waals surface area contributed by atoms with Crippen LogP contribution in [0, 0.1) is 0 Å². The van der Waals surface area contributed by atoms with Crippen molar-refractivity contribution < 1.29 is 9.16 Å². The summed E-state index contributed by atoms with van der Waals surface area (Å²) in [6, 6.07) is 17.7. The molecule has 21 heavy (non-hydrogen) atoms. The highest BCUT2D eigenvalue weighted by Gasteiger charge is 2.38. The average Bonchev–Trinajstić information content (AvgIpc) is 2.38. The maximum Gasteiger partial charge on any atom is 0.250 e. The molecule has 3 heteroatoms. The SMILES string of the molecule is CC(C)(C)[Si](C)(C)Oc1cccc(Oc2ccccc2)c1. The van der Waals surface area contributed by atoms with Crippen LogP contribution in [0.1, 0.15) is 20.8 Å². The fourth-order valence-corrected chi connectivity index (χ4v) is 2.70. The van der Waals surface area contributed by atoms with Crippen molar-refractivity contribution in [1.82, 2.24) is 0 Å². The molecule has 0 atom stereocenters. The Labute approximate surface area is 128 Å². The Balaban J connectivity index is 2.15. The van der Waals surface area contributed by atoms with E-state index in [1.165, 1.54) is 0 Å². The van der Waals surface area contributed by atoms with Crippen LogP contribution < -0.4 is 9.16 Å². The van der Waals surface area contributed by atoms with Gasteiger partial charge in [-0.3, -0.25) is 0 Å². The summed E-state index contributed by atoms with van der Waals surface area (Å²) in [5.41, 5.74) is 0. The third-order valence-corrected chi connectivity index (χ3v) is 8.32. The van der Waals surface area contributed by atoms with Gasteiger partial charge in [-0.2, -0.15) is 0 Å². The third kappa shape index (κ3) is 4.11. The number of hydrogen-bond donors (Lipinski definition) is 0. The highest BCUT2D eigenvalue weighted by molar-refractivity contribution is 6.74. The van der Waals surface area contributed by atoms with Gasteiger partial charge in [-0.15, -0.1) is 0 Å². The van der Waals surface area contributed by atoms with Gasteiger partial charge in [0.15, 0.2) is 0 Å². The summed E-state index contributed by atoms with van der Waals surface area (Å²) < 4.78 is 12.2. The van der Waals surface area contributed by atoms with Crippen LogP contribution in [0.25, 0.3) is 0 Å². The molecule has 0 amide bonds. The molecule has 0 aliphatic rings. The van der Waals surface area contributed by atoms with Gasteiger partial charge in [0.05, 0.1) is 0 Å². The molecule has 2 rings (SSSR count). The van der Waals surface area contributed by atoms with E-state index < -0.39 is 8.32 Å². The molecule has 112 valence electrons. The first-order valence-electron chi connectivity index (χ1n) is 7.30. The van der Waals surface area contributed by atoms with Crippen LogP contribution in [-0.4, -0.2) is 8.32 Å². The van der Waals surface area contributed by atoms with Crippen molar-refractivity contribution in [1.29, 1.82) is 0 Å². The minimum absolute atomic E-state index is 0.184. The normalized spacial score (nSPS) is 12.0. The van der Waals surface area contributed by atoms with Crippen molar-refractivity contribution >= 4 is 8.32 Å². The summed E-state index contributed by atoms with van der Waals surface area (Å²) in [5, 5.41) is 0.184. The predicted molar refractivity (Wildman–Crippen MR) is 90.8 cm³/mol. The minimum atomic E-state index is -1.82. The molecule has 0 saturated heterocycles. The van der Waals surface area contributed by atoms with E-state index in [1.54, 1.807) is 0 Å². The van der Waals surface area contributed by atoms with Crippen LogP contribution in [0.3, 0.4) is 0 Å². The number of hydrogen-bond acceptors (Lipinski definition) is 2. The van der Waals surface area contributed by atoms with Crippen LogP contribution in [0.5, 0.6) is 17.2 Å². The Morgan fingerprint density at radius 2 is 1.33 bits per heavy atom. The van der Waals surface area contributed by atoms with Crippen LogP contribution in [0.4, 0.5) is 0 Å². The van der Waals surface area contributed by atoms with E-state index in [4.69, 9.17) is 9.16 Å². The van der Waals surface area contributed by atoms with E-state index in [0.717, 1.165) is 17.2 Å². The fraction of sp³-hybridized carbons (Fsp3) is 0.333. The summed E-state index contributed by atoms with van der Waals surface area (Å²) in [4.78, 5) is 0. The number of ether oxygens (including phenoxy) is 1. The van der Waals surface area contributed by atoms with Gasteiger partial charge in [-0.25, -0.2) is 0 Å². The summed E-state index contributed by atoms with van der Waals surface area (Å²) in [7, 11) is -1.82. The molecule has 0 unspecified atom stereocenters. The fourth-order valence-electron chi connectivity index (χ4n) is 1.67.